The fourth-order valence-electron chi connectivity index (χ4n) is 2.56. The van der Waals surface area contributed by atoms with Crippen LogP contribution in [0.4, 0.5) is 5.69 Å². The van der Waals surface area contributed by atoms with Gasteiger partial charge in [0.2, 0.25) is 11.8 Å². The average Bonchev–Trinajstić information content (AvgIpc) is 3.10. The molecule has 2 atom stereocenters. The molecule has 0 unspecified atom stereocenters. The van der Waals surface area contributed by atoms with Crippen molar-refractivity contribution >= 4 is 17.5 Å². The number of hydrogen-bond donors (Lipinski definition) is 2. The van der Waals surface area contributed by atoms with Gasteiger partial charge in [-0.25, -0.2) is 0 Å². The molecule has 132 valence electrons. The molecule has 0 radical (unpaired) electrons. The topological polar surface area (TPSA) is 111 Å². The first kappa shape index (κ1) is 16.9. The van der Waals surface area contributed by atoms with Gasteiger partial charge in [0.1, 0.15) is 17.8 Å². The van der Waals surface area contributed by atoms with Gasteiger partial charge in [-0.1, -0.05) is 6.92 Å². The second kappa shape index (κ2) is 7.29. The first-order valence-electron chi connectivity index (χ1n) is 8.07. The second-order valence-electron chi connectivity index (χ2n) is 6.05. The third-order valence-electron chi connectivity index (χ3n) is 4.16. The fourth-order valence-corrected chi connectivity index (χ4v) is 2.56. The zero-order chi connectivity index (χ0) is 17.8. The van der Waals surface area contributed by atoms with Crippen molar-refractivity contribution in [3.05, 3.63) is 24.5 Å². The SMILES string of the molecule is COc1ccc(NC(=O)CCNC(=O)[C@@H]2C[C@H]2C)cc1-n1cnnn1. The van der Waals surface area contributed by atoms with Crippen LogP contribution in [-0.4, -0.2) is 45.7 Å². The quantitative estimate of drug-likeness (QED) is 0.767. The molecule has 0 aliphatic heterocycles. The number of ether oxygens (including phenoxy) is 1. The second-order valence-corrected chi connectivity index (χ2v) is 6.05. The predicted molar refractivity (Wildman–Crippen MR) is 89.2 cm³/mol. The Morgan fingerprint density at radius 1 is 1.40 bits per heavy atom. The van der Waals surface area contributed by atoms with E-state index in [-0.39, 0.29) is 24.2 Å². The minimum atomic E-state index is -0.183. The maximum atomic E-state index is 12.1. The van der Waals surface area contributed by atoms with Crippen molar-refractivity contribution in [3.63, 3.8) is 0 Å². The zero-order valence-electron chi connectivity index (χ0n) is 14.1. The summed E-state index contributed by atoms with van der Waals surface area (Å²) >= 11 is 0. The number of nitrogens with zero attached hydrogens (tertiary/aromatic N) is 4. The van der Waals surface area contributed by atoms with Gasteiger partial charge in [-0.3, -0.25) is 9.59 Å². The van der Waals surface area contributed by atoms with Crippen molar-refractivity contribution in [3.8, 4) is 11.4 Å². The number of methoxy groups -OCH3 is 1. The van der Waals surface area contributed by atoms with Crippen LogP contribution >= 0.6 is 0 Å². The summed E-state index contributed by atoms with van der Waals surface area (Å²) in [7, 11) is 1.55. The van der Waals surface area contributed by atoms with E-state index in [2.05, 4.69) is 26.2 Å². The maximum absolute atomic E-state index is 12.1. The molecule has 0 saturated heterocycles. The van der Waals surface area contributed by atoms with Crippen molar-refractivity contribution in [1.82, 2.24) is 25.5 Å². The Kier molecular flexibility index (Phi) is 4.92. The largest absolute Gasteiger partial charge is 0.494 e. The third-order valence-corrected chi connectivity index (χ3v) is 4.16. The van der Waals surface area contributed by atoms with Crippen LogP contribution in [0.15, 0.2) is 24.5 Å². The van der Waals surface area contributed by atoms with Crippen molar-refractivity contribution in [2.24, 2.45) is 11.8 Å². The van der Waals surface area contributed by atoms with Gasteiger partial charge in [-0.05, 0) is 41.0 Å². The van der Waals surface area contributed by atoms with Crippen molar-refractivity contribution < 1.29 is 14.3 Å². The number of amides is 2. The minimum absolute atomic E-state index is 0.0331. The molecule has 2 N–H and O–H groups in total. The summed E-state index contributed by atoms with van der Waals surface area (Å²) in [6.45, 7) is 2.37. The molecule has 1 aliphatic rings. The number of hydrogen-bond acceptors (Lipinski definition) is 6. The predicted octanol–water partition coefficient (Wildman–Crippen LogP) is 0.772. The molecular weight excluding hydrogens is 324 g/mol. The molecule has 0 bridgehead atoms. The van der Waals surface area contributed by atoms with Gasteiger partial charge in [0.05, 0.1) is 7.11 Å². The molecular formula is C16H20N6O3. The first-order chi connectivity index (χ1) is 12.1. The normalized spacial score (nSPS) is 18.5. The highest BCUT2D eigenvalue weighted by Gasteiger charge is 2.38. The molecule has 3 rings (SSSR count). The van der Waals surface area contributed by atoms with E-state index in [0.29, 0.717) is 29.6 Å². The molecule has 9 nitrogen and oxygen atoms in total. The van der Waals surface area contributed by atoms with Gasteiger partial charge < -0.3 is 15.4 Å². The van der Waals surface area contributed by atoms with Crippen LogP contribution in [0.1, 0.15) is 19.8 Å². The Morgan fingerprint density at radius 2 is 2.20 bits per heavy atom. The van der Waals surface area contributed by atoms with E-state index in [1.54, 1.807) is 25.3 Å². The van der Waals surface area contributed by atoms with Crippen LogP contribution in [0.3, 0.4) is 0 Å². The molecule has 1 heterocycles. The summed E-state index contributed by atoms with van der Waals surface area (Å²) in [5, 5.41) is 16.6. The summed E-state index contributed by atoms with van der Waals surface area (Å²) in [5.74, 6) is 1.00. The molecule has 25 heavy (non-hydrogen) atoms. The van der Waals surface area contributed by atoms with E-state index in [0.717, 1.165) is 6.42 Å². The van der Waals surface area contributed by atoms with Gasteiger partial charge in [0.25, 0.3) is 0 Å². The van der Waals surface area contributed by atoms with Gasteiger partial charge in [-0.15, -0.1) is 5.10 Å². The first-order valence-corrected chi connectivity index (χ1v) is 8.07. The van der Waals surface area contributed by atoms with Crippen LogP contribution in [0.25, 0.3) is 5.69 Å². The van der Waals surface area contributed by atoms with E-state index in [4.69, 9.17) is 4.74 Å². The summed E-state index contributed by atoms with van der Waals surface area (Å²) in [6.07, 6.45) is 2.58. The lowest BCUT2D eigenvalue weighted by Crippen LogP contribution is -2.29. The van der Waals surface area contributed by atoms with E-state index in [1.807, 2.05) is 6.92 Å². The number of rotatable bonds is 7. The molecule has 1 aromatic carbocycles. The summed E-state index contributed by atoms with van der Waals surface area (Å²) in [5.41, 5.74) is 1.21. The zero-order valence-corrected chi connectivity index (χ0v) is 14.1. The Bertz CT molecular complexity index is 761. The van der Waals surface area contributed by atoms with Crippen LogP contribution in [0.5, 0.6) is 5.75 Å². The number of anilines is 1. The Morgan fingerprint density at radius 3 is 2.84 bits per heavy atom. The smallest absolute Gasteiger partial charge is 0.226 e. The molecule has 1 fully saturated rings. The highest BCUT2D eigenvalue weighted by Crippen LogP contribution is 2.37. The molecule has 2 amide bonds. The van der Waals surface area contributed by atoms with Crippen molar-refractivity contribution in [2.45, 2.75) is 19.8 Å². The van der Waals surface area contributed by atoms with Crippen molar-refractivity contribution in [2.75, 3.05) is 19.0 Å². The van der Waals surface area contributed by atoms with Crippen LogP contribution < -0.4 is 15.4 Å². The van der Waals surface area contributed by atoms with Crippen LogP contribution in [0, 0.1) is 11.8 Å². The van der Waals surface area contributed by atoms with E-state index in [1.165, 1.54) is 11.0 Å². The van der Waals surface area contributed by atoms with Crippen molar-refractivity contribution in [1.29, 1.82) is 0 Å². The summed E-state index contributed by atoms with van der Waals surface area (Å²) in [6, 6.07) is 5.18. The number of aromatic nitrogens is 4. The van der Waals surface area contributed by atoms with Gasteiger partial charge in [0, 0.05) is 24.6 Å². The third kappa shape index (κ3) is 4.11. The number of nitrogens with one attached hydrogen (secondary N) is 2. The lowest BCUT2D eigenvalue weighted by molar-refractivity contribution is -0.122. The monoisotopic (exact) mass is 344 g/mol. The standard InChI is InChI=1S/C16H20N6O3/c1-10-7-12(10)16(24)17-6-5-15(23)19-11-3-4-14(25-2)13(8-11)22-9-18-20-21-22/h3-4,8-10,12H,5-7H2,1-2H3,(H,17,24)(H,19,23)/t10-,12-/m1/s1. The number of benzene rings is 1. The molecule has 2 aromatic rings. The maximum Gasteiger partial charge on any atom is 0.226 e. The molecule has 1 aromatic heterocycles. The highest BCUT2D eigenvalue weighted by molar-refractivity contribution is 5.91. The van der Waals surface area contributed by atoms with E-state index < -0.39 is 0 Å². The fraction of sp³-hybridized carbons (Fsp3) is 0.438. The van der Waals surface area contributed by atoms with Crippen LogP contribution in [-0.2, 0) is 9.59 Å². The lowest BCUT2D eigenvalue weighted by atomic mass is 10.2. The van der Waals surface area contributed by atoms with Crippen LogP contribution in [0.2, 0.25) is 0 Å². The molecule has 0 spiro atoms. The highest BCUT2D eigenvalue weighted by atomic mass is 16.5. The summed E-state index contributed by atoms with van der Waals surface area (Å²) in [4.78, 5) is 23.8. The van der Waals surface area contributed by atoms with Gasteiger partial charge in [-0.2, -0.15) is 4.68 Å². The molecule has 1 saturated carbocycles. The molecule has 9 heteroatoms. The Labute approximate surface area is 144 Å². The van der Waals surface area contributed by atoms with E-state index in [9.17, 15) is 9.59 Å². The van der Waals surface area contributed by atoms with Gasteiger partial charge >= 0.3 is 0 Å². The average molecular weight is 344 g/mol. The summed E-state index contributed by atoms with van der Waals surface area (Å²) < 4.78 is 6.73. The number of tetrazole rings is 1. The Hall–Kier alpha value is -2.97. The number of carbonyl (C=O) groups excluding carboxylic acids is 2. The molecule has 1 aliphatic carbocycles. The van der Waals surface area contributed by atoms with Gasteiger partial charge in [0.15, 0.2) is 0 Å². The lowest BCUT2D eigenvalue weighted by Gasteiger charge is -2.11. The Balaban J connectivity index is 1.56. The number of carbonyl (C=O) groups is 2. The minimum Gasteiger partial charge on any atom is -0.494 e. The van der Waals surface area contributed by atoms with E-state index >= 15 is 0 Å².